The van der Waals surface area contributed by atoms with Crippen LogP contribution in [0.4, 0.5) is 4.79 Å². The number of hydrogen-bond acceptors (Lipinski definition) is 2. The maximum Gasteiger partial charge on any atom is 0.320 e. The molecular formula is C14H29N3O. The smallest absolute Gasteiger partial charge is 0.320 e. The quantitative estimate of drug-likeness (QED) is 0.817. The number of hydrogen-bond donors (Lipinski definition) is 1. The highest BCUT2D eigenvalue weighted by Gasteiger charge is 2.25. The average molecular weight is 255 g/mol. The molecule has 0 unspecified atom stereocenters. The summed E-state index contributed by atoms with van der Waals surface area (Å²) < 4.78 is 0. The summed E-state index contributed by atoms with van der Waals surface area (Å²) in [6.45, 7) is 13.0. The Morgan fingerprint density at radius 2 is 1.78 bits per heavy atom. The van der Waals surface area contributed by atoms with Crippen molar-refractivity contribution < 1.29 is 4.79 Å². The van der Waals surface area contributed by atoms with E-state index in [1.165, 1.54) is 12.8 Å². The molecule has 0 aromatic carbocycles. The molecule has 1 aliphatic heterocycles. The Balaban J connectivity index is 2.60. The van der Waals surface area contributed by atoms with E-state index in [0.29, 0.717) is 5.92 Å². The molecule has 1 saturated heterocycles. The topological polar surface area (TPSA) is 35.6 Å². The van der Waals surface area contributed by atoms with Crippen molar-refractivity contribution in [3.8, 4) is 0 Å². The van der Waals surface area contributed by atoms with Crippen molar-refractivity contribution in [2.24, 2.45) is 5.92 Å². The molecule has 1 rings (SSSR count). The van der Waals surface area contributed by atoms with E-state index in [0.717, 1.165) is 32.7 Å². The molecule has 0 radical (unpaired) electrons. The van der Waals surface area contributed by atoms with Gasteiger partial charge in [0.15, 0.2) is 0 Å². The second-order valence-corrected chi connectivity index (χ2v) is 5.39. The number of nitrogens with one attached hydrogen (secondary N) is 1. The monoisotopic (exact) mass is 255 g/mol. The lowest BCUT2D eigenvalue weighted by Gasteiger charge is -2.36. The highest BCUT2D eigenvalue weighted by molar-refractivity contribution is 5.74. The number of piperidine rings is 1. The van der Waals surface area contributed by atoms with Gasteiger partial charge in [-0.3, -0.25) is 0 Å². The molecule has 1 N–H and O–H groups in total. The van der Waals surface area contributed by atoms with E-state index in [2.05, 4.69) is 19.2 Å². The first-order valence-corrected chi connectivity index (χ1v) is 7.36. The molecule has 4 heteroatoms. The molecule has 0 aromatic heterocycles. The van der Waals surface area contributed by atoms with Crippen molar-refractivity contribution >= 4 is 6.03 Å². The van der Waals surface area contributed by atoms with Crippen molar-refractivity contribution in [2.45, 2.75) is 46.6 Å². The van der Waals surface area contributed by atoms with Crippen LogP contribution in [0, 0.1) is 5.92 Å². The molecule has 106 valence electrons. The first kappa shape index (κ1) is 15.3. The average Bonchev–Trinajstić information content (AvgIpc) is 2.38. The second kappa shape index (κ2) is 7.62. The van der Waals surface area contributed by atoms with Crippen molar-refractivity contribution in [1.29, 1.82) is 0 Å². The minimum atomic E-state index is 0.202. The van der Waals surface area contributed by atoms with E-state index in [9.17, 15) is 4.79 Å². The summed E-state index contributed by atoms with van der Waals surface area (Å²) in [4.78, 5) is 16.4. The minimum Gasteiger partial charge on any atom is -0.325 e. The number of carbonyl (C=O) groups excluding carboxylic acids is 1. The van der Waals surface area contributed by atoms with Gasteiger partial charge in [0.1, 0.15) is 0 Å². The third-order valence-corrected chi connectivity index (χ3v) is 3.82. The Morgan fingerprint density at radius 3 is 2.22 bits per heavy atom. The summed E-state index contributed by atoms with van der Waals surface area (Å²) in [5.41, 5.74) is 0. The molecule has 0 saturated carbocycles. The van der Waals surface area contributed by atoms with Crippen molar-refractivity contribution in [2.75, 3.05) is 32.7 Å². The molecule has 1 aliphatic rings. The zero-order chi connectivity index (χ0) is 13.5. The lowest BCUT2D eigenvalue weighted by Crippen LogP contribution is -2.49. The van der Waals surface area contributed by atoms with Crippen molar-refractivity contribution in [3.63, 3.8) is 0 Å². The van der Waals surface area contributed by atoms with Crippen LogP contribution in [0.5, 0.6) is 0 Å². The van der Waals surface area contributed by atoms with E-state index in [1.54, 1.807) is 0 Å². The van der Waals surface area contributed by atoms with Crippen LogP contribution in [-0.4, -0.2) is 54.6 Å². The van der Waals surface area contributed by atoms with Crippen molar-refractivity contribution in [1.82, 2.24) is 15.1 Å². The van der Waals surface area contributed by atoms with E-state index in [4.69, 9.17) is 0 Å². The molecule has 0 aromatic rings. The van der Waals surface area contributed by atoms with Crippen LogP contribution in [-0.2, 0) is 0 Å². The summed E-state index contributed by atoms with van der Waals surface area (Å²) in [7, 11) is 0. The van der Waals surface area contributed by atoms with Gasteiger partial charge in [0.05, 0.1) is 0 Å². The van der Waals surface area contributed by atoms with Gasteiger partial charge < -0.3 is 15.1 Å². The number of nitrogens with zero attached hydrogens (tertiary/aromatic N) is 2. The molecule has 0 bridgehead atoms. The molecule has 0 atom stereocenters. The normalized spacial score (nSPS) is 16.9. The first-order valence-electron chi connectivity index (χ1n) is 7.36. The van der Waals surface area contributed by atoms with E-state index < -0.39 is 0 Å². The van der Waals surface area contributed by atoms with Crippen LogP contribution in [0.1, 0.15) is 40.5 Å². The SMILES string of the molecule is CCN(CC)C(=O)N(CC1CCNCC1)C(C)C. The zero-order valence-electron chi connectivity index (χ0n) is 12.4. The highest BCUT2D eigenvalue weighted by atomic mass is 16.2. The van der Waals surface area contributed by atoms with Gasteiger partial charge in [-0.1, -0.05) is 0 Å². The van der Waals surface area contributed by atoms with Gasteiger partial charge in [-0.2, -0.15) is 0 Å². The van der Waals surface area contributed by atoms with Crippen LogP contribution in [0.25, 0.3) is 0 Å². The van der Waals surface area contributed by atoms with E-state index >= 15 is 0 Å². The Hall–Kier alpha value is -0.770. The van der Waals surface area contributed by atoms with Crippen LogP contribution in [0.2, 0.25) is 0 Å². The molecule has 1 heterocycles. The third-order valence-electron chi connectivity index (χ3n) is 3.82. The lowest BCUT2D eigenvalue weighted by molar-refractivity contribution is 0.129. The van der Waals surface area contributed by atoms with Gasteiger partial charge in [-0.25, -0.2) is 4.79 Å². The number of urea groups is 1. The fourth-order valence-electron chi connectivity index (χ4n) is 2.53. The van der Waals surface area contributed by atoms with E-state index in [1.807, 2.05) is 23.6 Å². The van der Waals surface area contributed by atoms with Gasteiger partial charge >= 0.3 is 6.03 Å². The van der Waals surface area contributed by atoms with Gasteiger partial charge in [0.25, 0.3) is 0 Å². The van der Waals surface area contributed by atoms with Crippen LogP contribution in [0.3, 0.4) is 0 Å². The lowest BCUT2D eigenvalue weighted by atomic mass is 9.97. The minimum absolute atomic E-state index is 0.202. The number of amides is 2. The molecule has 0 aliphatic carbocycles. The van der Waals surface area contributed by atoms with Gasteiger partial charge in [-0.05, 0) is 59.5 Å². The third kappa shape index (κ3) is 4.16. The molecule has 4 nitrogen and oxygen atoms in total. The summed E-state index contributed by atoms with van der Waals surface area (Å²) in [6, 6.07) is 0.488. The Kier molecular flexibility index (Phi) is 6.47. The largest absolute Gasteiger partial charge is 0.325 e. The number of rotatable bonds is 5. The first-order chi connectivity index (χ1) is 8.60. The summed E-state index contributed by atoms with van der Waals surface area (Å²) in [5.74, 6) is 0.660. The molecule has 0 spiro atoms. The Morgan fingerprint density at radius 1 is 1.22 bits per heavy atom. The van der Waals surface area contributed by atoms with Crippen LogP contribution < -0.4 is 5.32 Å². The zero-order valence-corrected chi connectivity index (χ0v) is 12.4. The van der Waals surface area contributed by atoms with Gasteiger partial charge in [-0.15, -0.1) is 0 Å². The maximum atomic E-state index is 12.5. The van der Waals surface area contributed by atoms with E-state index in [-0.39, 0.29) is 12.1 Å². The van der Waals surface area contributed by atoms with Gasteiger partial charge in [0.2, 0.25) is 0 Å². The molecule has 1 fully saturated rings. The van der Waals surface area contributed by atoms with Crippen molar-refractivity contribution in [3.05, 3.63) is 0 Å². The summed E-state index contributed by atoms with van der Waals surface area (Å²) in [5, 5.41) is 3.38. The standard InChI is InChI=1S/C14H29N3O/c1-5-16(6-2)14(18)17(12(3)4)11-13-7-9-15-10-8-13/h12-13,15H,5-11H2,1-4H3. The second-order valence-electron chi connectivity index (χ2n) is 5.39. The molecule has 18 heavy (non-hydrogen) atoms. The highest BCUT2D eigenvalue weighted by Crippen LogP contribution is 2.16. The molecule has 2 amide bonds. The summed E-state index contributed by atoms with van der Waals surface area (Å²) in [6.07, 6.45) is 2.38. The number of carbonyl (C=O) groups is 1. The molecular weight excluding hydrogens is 226 g/mol. The maximum absolute atomic E-state index is 12.5. The predicted molar refractivity (Wildman–Crippen MR) is 75.8 cm³/mol. The fraction of sp³-hybridized carbons (Fsp3) is 0.929. The Bertz CT molecular complexity index is 245. The summed E-state index contributed by atoms with van der Waals surface area (Å²) >= 11 is 0. The van der Waals surface area contributed by atoms with Crippen LogP contribution in [0.15, 0.2) is 0 Å². The Labute approximate surface area is 112 Å². The van der Waals surface area contributed by atoms with Gasteiger partial charge in [0, 0.05) is 25.7 Å². The van der Waals surface area contributed by atoms with Crippen LogP contribution >= 0.6 is 0 Å². The fourth-order valence-corrected chi connectivity index (χ4v) is 2.53. The predicted octanol–water partition coefficient (Wildman–Crippen LogP) is 2.16.